The first-order valence-corrected chi connectivity index (χ1v) is 10.4. The predicted octanol–water partition coefficient (Wildman–Crippen LogP) is 4.35. The molecule has 138 valence electrons. The van der Waals surface area contributed by atoms with Gasteiger partial charge in [0.15, 0.2) is 11.5 Å². The first-order valence-electron chi connectivity index (χ1n) is 8.15. The lowest BCUT2D eigenvalue weighted by molar-refractivity contribution is 0.171. The van der Waals surface area contributed by atoms with Gasteiger partial charge in [0.05, 0.1) is 4.90 Å². The summed E-state index contributed by atoms with van der Waals surface area (Å²) in [5.41, 5.74) is 1.06. The number of fused-ring (bicyclic) bond motifs is 1. The van der Waals surface area contributed by atoms with E-state index in [1.54, 1.807) is 23.5 Å². The average molecular weight is 385 g/mol. The van der Waals surface area contributed by atoms with Gasteiger partial charge in [-0.05, 0) is 43.9 Å². The summed E-state index contributed by atoms with van der Waals surface area (Å²) in [7, 11) is -4.30. The van der Waals surface area contributed by atoms with E-state index in [1.807, 2.05) is 0 Å². The van der Waals surface area contributed by atoms with Crippen LogP contribution in [0.15, 0.2) is 29.2 Å². The Morgan fingerprint density at radius 2 is 1.60 bits per heavy atom. The van der Waals surface area contributed by atoms with Crippen LogP contribution in [-0.4, -0.2) is 26.2 Å². The summed E-state index contributed by atoms with van der Waals surface area (Å²) in [4.78, 5) is 2.28. The maximum absolute atomic E-state index is 10.6. The van der Waals surface area contributed by atoms with Gasteiger partial charge in [-0.1, -0.05) is 26.0 Å². The SMILES string of the molecule is CCC(C)c1ccc(S(=O)(=O)[O-])cc1.Cc1sc(C)c2c1OCCO2.[H+]. The van der Waals surface area contributed by atoms with E-state index in [4.69, 9.17) is 9.47 Å². The Morgan fingerprint density at radius 3 is 2.00 bits per heavy atom. The van der Waals surface area contributed by atoms with Crippen molar-refractivity contribution in [1.82, 2.24) is 0 Å². The van der Waals surface area contributed by atoms with E-state index >= 15 is 0 Å². The van der Waals surface area contributed by atoms with E-state index in [9.17, 15) is 13.0 Å². The predicted molar refractivity (Wildman–Crippen MR) is 99.0 cm³/mol. The van der Waals surface area contributed by atoms with Crippen LogP contribution in [0, 0.1) is 13.8 Å². The Bertz CT molecular complexity index is 786. The normalized spacial score (nSPS) is 14.4. The first-order chi connectivity index (χ1) is 11.7. The fourth-order valence-electron chi connectivity index (χ4n) is 2.46. The van der Waals surface area contributed by atoms with Gasteiger partial charge in [-0.15, -0.1) is 11.3 Å². The van der Waals surface area contributed by atoms with Crippen LogP contribution >= 0.6 is 11.3 Å². The van der Waals surface area contributed by atoms with Gasteiger partial charge in [0.1, 0.15) is 23.3 Å². The van der Waals surface area contributed by atoms with Gasteiger partial charge in [0.25, 0.3) is 0 Å². The molecule has 1 aliphatic heterocycles. The van der Waals surface area contributed by atoms with E-state index < -0.39 is 10.1 Å². The maximum Gasteiger partial charge on any atom is 1.00 e. The van der Waals surface area contributed by atoms with Crippen molar-refractivity contribution in [3.63, 3.8) is 0 Å². The fraction of sp³-hybridized carbons (Fsp3) is 0.444. The van der Waals surface area contributed by atoms with Gasteiger partial charge in [-0.25, -0.2) is 8.42 Å². The lowest BCUT2D eigenvalue weighted by atomic mass is 9.99. The van der Waals surface area contributed by atoms with Gasteiger partial charge >= 0.3 is 1.43 Å². The molecule has 1 unspecified atom stereocenters. The molecule has 0 aliphatic carbocycles. The minimum atomic E-state index is -4.30. The van der Waals surface area contributed by atoms with Crippen LogP contribution in [0.1, 0.15) is 42.9 Å². The number of benzene rings is 1. The number of thiophene rings is 1. The third-order valence-corrected chi connectivity index (χ3v) is 5.91. The minimum absolute atomic E-state index is 0. The van der Waals surface area contributed by atoms with E-state index in [2.05, 4.69) is 27.7 Å². The zero-order valence-electron chi connectivity index (χ0n) is 15.9. The lowest BCUT2D eigenvalue weighted by Crippen LogP contribution is -2.14. The molecule has 0 spiro atoms. The molecule has 2 aromatic rings. The second kappa shape index (κ2) is 8.21. The fourth-order valence-corrected chi connectivity index (χ4v) is 3.88. The molecule has 0 bridgehead atoms. The standard InChI is InChI=1S/C10H14O3S.C8H10O2S/c1-3-8(2)9-4-6-10(7-5-9)14(11,12)13;1-5-7-8(6(2)11-5)10-4-3-9-7/h4-8H,3H2,1-2H3,(H,11,12,13);3-4H2,1-2H3. The Hall–Kier alpha value is -1.57. The molecule has 25 heavy (non-hydrogen) atoms. The molecular weight excluding hydrogens is 360 g/mol. The van der Waals surface area contributed by atoms with Crippen molar-refractivity contribution in [2.45, 2.75) is 44.9 Å². The highest BCUT2D eigenvalue weighted by Gasteiger charge is 2.19. The second-order valence-corrected chi connectivity index (χ2v) is 8.71. The molecule has 0 saturated heterocycles. The van der Waals surface area contributed by atoms with E-state index in [1.165, 1.54) is 21.9 Å². The highest BCUT2D eigenvalue weighted by molar-refractivity contribution is 7.85. The number of ether oxygens (including phenoxy) is 2. The summed E-state index contributed by atoms with van der Waals surface area (Å²) < 4.78 is 42.8. The number of hydrogen-bond acceptors (Lipinski definition) is 6. The summed E-state index contributed by atoms with van der Waals surface area (Å²) in [5, 5.41) is 0. The third kappa shape index (κ3) is 4.96. The smallest absolute Gasteiger partial charge is 0.744 e. The Morgan fingerprint density at radius 1 is 1.12 bits per heavy atom. The number of aryl methyl sites for hydroxylation is 2. The summed E-state index contributed by atoms with van der Waals surface area (Å²) in [5.74, 6) is 2.30. The third-order valence-electron chi connectivity index (χ3n) is 4.08. The monoisotopic (exact) mass is 384 g/mol. The quantitative estimate of drug-likeness (QED) is 0.735. The van der Waals surface area contributed by atoms with Crippen molar-refractivity contribution < 1.29 is 23.9 Å². The minimum Gasteiger partial charge on any atom is -0.744 e. The molecule has 0 N–H and O–H groups in total. The van der Waals surface area contributed by atoms with Gasteiger partial charge in [-0.3, -0.25) is 0 Å². The van der Waals surface area contributed by atoms with Crippen LogP contribution < -0.4 is 9.47 Å². The number of hydrogen-bond donors (Lipinski definition) is 0. The molecule has 0 amide bonds. The van der Waals surface area contributed by atoms with Crippen LogP contribution in [0.3, 0.4) is 0 Å². The highest BCUT2D eigenvalue weighted by atomic mass is 32.2. The maximum atomic E-state index is 10.6. The van der Waals surface area contributed by atoms with Gasteiger partial charge in [0.2, 0.25) is 0 Å². The Kier molecular flexibility index (Phi) is 6.48. The Balaban J connectivity index is 0.000000256. The molecule has 5 nitrogen and oxygen atoms in total. The van der Waals surface area contributed by atoms with Crippen LogP contribution in [0.5, 0.6) is 11.5 Å². The van der Waals surface area contributed by atoms with Crippen molar-refractivity contribution in [1.29, 1.82) is 0 Å². The second-order valence-electron chi connectivity index (χ2n) is 5.90. The van der Waals surface area contributed by atoms with Crippen LogP contribution in [0.2, 0.25) is 0 Å². The molecule has 3 rings (SSSR count). The molecule has 0 fully saturated rings. The van der Waals surface area contributed by atoms with Gasteiger partial charge in [0, 0.05) is 9.75 Å². The Labute approximate surface area is 154 Å². The lowest BCUT2D eigenvalue weighted by Gasteiger charge is -2.15. The van der Waals surface area contributed by atoms with E-state index in [0.717, 1.165) is 23.5 Å². The van der Waals surface area contributed by atoms with Crippen molar-refractivity contribution in [3.8, 4) is 11.5 Å². The van der Waals surface area contributed by atoms with Crippen molar-refractivity contribution in [2.75, 3.05) is 13.2 Å². The molecule has 7 heteroatoms. The number of rotatable bonds is 3. The van der Waals surface area contributed by atoms with Crippen LogP contribution in [0.4, 0.5) is 0 Å². The zero-order chi connectivity index (χ0) is 18.6. The topological polar surface area (TPSA) is 75.7 Å². The van der Waals surface area contributed by atoms with Crippen LogP contribution in [0.25, 0.3) is 0 Å². The average Bonchev–Trinajstić information content (AvgIpc) is 2.89. The van der Waals surface area contributed by atoms with Crippen molar-refractivity contribution >= 4 is 21.5 Å². The largest absolute Gasteiger partial charge is 1.00 e. The van der Waals surface area contributed by atoms with E-state index in [-0.39, 0.29) is 6.32 Å². The van der Waals surface area contributed by atoms with Gasteiger partial charge < -0.3 is 14.0 Å². The summed E-state index contributed by atoms with van der Waals surface area (Å²) in [6.45, 7) is 9.61. The van der Waals surface area contributed by atoms with Crippen LogP contribution in [-0.2, 0) is 10.1 Å². The molecule has 1 atom stereocenters. The molecular formula is C18H24O5S2. The highest BCUT2D eigenvalue weighted by Crippen LogP contribution is 2.42. The van der Waals surface area contributed by atoms with Gasteiger partial charge in [-0.2, -0.15) is 0 Å². The van der Waals surface area contributed by atoms with Crippen molar-refractivity contribution in [3.05, 3.63) is 39.6 Å². The molecule has 2 heterocycles. The first kappa shape index (κ1) is 19.8. The molecule has 0 saturated carbocycles. The molecule has 0 radical (unpaired) electrons. The van der Waals surface area contributed by atoms with Crippen molar-refractivity contribution in [2.24, 2.45) is 0 Å². The molecule has 1 aromatic heterocycles. The molecule has 1 aromatic carbocycles. The molecule has 1 aliphatic rings. The zero-order valence-corrected chi connectivity index (χ0v) is 16.5. The summed E-state index contributed by atoms with van der Waals surface area (Å²) >= 11 is 1.74. The van der Waals surface area contributed by atoms with E-state index in [0.29, 0.717) is 19.1 Å². The summed E-state index contributed by atoms with van der Waals surface area (Å²) in [6.07, 6.45) is 0.990. The summed E-state index contributed by atoms with van der Waals surface area (Å²) in [6, 6.07) is 6.12.